The minimum Gasteiger partial charge on any atom is -0.396 e. The molecule has 0 fully saturated rings. The van der Waals surface area contributed by atoms with Crippen LogP contribution >= 0.6 is 8.60 Å². The van der Waals surface area contributed by atoms with E-state index in [1.807, 2.05) is 20.8 Å². The van der Waals surface area contributed by atoms with E-state index in [1.54, 1.807) is 0 Å². The summed E-state index contributed by atoms with van der Waals surface area (Å²) in [6.45, 7) is 4.72. The molecule has 0 spiro atoms. The van der Waals surface area contributed by atoms with Crippen LogP contribution < -0.4 is 0 Å². The zero-order chi connectivity index (χ0) is 12.8. The van der Waals surface area contributed by atoms with Crippen molar-refractivity contribution in [2.24, 2.45) is 5.41 Å². The van der Waals surface area contributed by atoms with Gasteiger partial charge in [-0.05, 0) is 20.8 Å². The highest BCUT2D eigenvalue weighted by Crippen LogP contribution is 2.30. The molecule has 7 heteroatoms. The third kappa shape index (κ3) is 6.70. The Labute approximate surface area is 96.8 Å². The van der Waals surface area contributed by atoms with Crippen molar-refractivity contribution >= 4 is 8.60 Å². The van der Waals surface area contributed by atoms with Gasteiger partial charge in [0.2, 0.25) is 0 Å². The van der Waals surface area contributed by atoms with Crippen LogP contribution in [-0.4, -0.2) is 52.0 Å². The van der Waals surface area contributed by atoms with Crippen LogP contribution in [0.5, 0.6) is 0 Å². The number of ether oxygens (including phenoxy) is 1. The molecule has 4 N–H and O–H groups in total. The van der Waals surface area contributed by atoms with Crippen LogP contribution in [0.2, 0.25) is 0 Å². The van der Waals surface area contributed by atoms with Gasteiger partial charge in [0.05, 0.1) is 37.4 Å². The van der Waals surface area contributed by atoms with Gasteiger partial charge in [0.25, 0.3) is 0 Å². The summed E-state index contributed by atoms with van der Waals surface area (Å²) in [4.78, 5) is 17.3. The molecular formula is C9H21O6P. The second-order valence-corrected chi connectivity index (χ2v) is 5.51. The maximum absolute atomic E-state index is 9.21. The lowest BCUT2D eigenvalue weighted by atomic mass is 9.92. The monoisotopic (exact) mass is 256 g/mol. The van der Waals surface area contributed by atoms with Gasteiger partial charge in [0.1, 0.15) is 0 Å². The second kappa shape index (κ2) is 6.81. The van der Waals surface area contributed by atoms with Gasteiger partial charge < -0.3 is 29.3 Å². The van der Waals surface area contributed by atoms with Crippen molar-refractivity contribution in [1.29, 1.82) is 0 Å². The first kappa shape index (κ1) is 16.2. The van der Waals surface area contributed by atoms with Crippen molar-refractivity contribution in [3.63, 3.8) is 0 Å². The fourth-order valence-corrected chi connectivity index (χ4v) is 1.23. The third-order valence-electron chi connectivity index (χ3n) is 1.97. The summed E-state index contributed by atoms with van der Waals surface area (Å²) in [7, 11) is -2.49. The predicted molar refractivity (Wildman–Crippen MR) is 59.6 cm³/mol. The molecular weight excluding hydrogens is 235 g/mol. The normalized spacial score (nSPS) is 13.5. The summed E-state index contributed by atoms with van der Waals surface area (Å²) in [5.41, 5.74) is -1.42. The number of hydrogen-bond donors (Lipinski definition) is 4. The van der Waals surface area contributed by atoms with E-state index >= 15 is 0 Å². The predicted octanol–water partition coefficient (Wildman–Crippen LogP) is 0.000600. The Morgan fingerprint density at radius 3 is 1.81 bits per heavy atom. The highest BCUT2D eigenvalue weighted by molar-refractivity contribution is 7.39. The summed E-state index contributed by atoms with van der Waals surface area (Å²) in [5, 5.41) is 18.4. The molecule has 0 aromatic carbocycles. The Morgan fingerprint density at radius 2 is 1.50 bits per heavy atom. The molecule has 98 valence electrons. The SMILES string of the molecule is CC(C)(C)OCC(CO)(CO)COP(O)O. The lowest BCUT2D eigenvalue weighted by Gasteiger charge is -2.32. The van der Waals surface area contributed by atoms with E-state index in [1.165, 1.54) is 0 Å². The zero-order valence-corrected chi connectivity index (χ0v) is 10.8. The molecule has 0 unspecified atom stereocenters. The standard InChI is InChI=1S/C9H21O6P/c1-8(2,3)14-6-9(4-10,5-11)7-15-16(12)13/h10-13H,4-7H2,1-3H3. The van der Waals surface area contributed by atoms with Crippen molar-refractivity contribution in [2.75, 3.05) is 26.4 Å². The van der Waals surface area contributed by atoms with Crippen molar-refractivity contribution in [3.05, 3.63) is 0 Å². The first-order chi connectivity index (χ1) is 7.24. The molecule has 0 atom stereocenters. The second-order valence-electron chi connectivity index (χ2n) is 4.74. The topological polar surface area (TPSA) is 99.4 Å². The molecule has 16 heavy (non-hydrogen) atoms. The number of hydrogen-bond acceptors (Lipinski definition) is 6. The smallest absolute Gasteiger partial charge is 0.327 e. The lowest BCUT2D eigenvalue weighted by Crippen LogP contribution is -2.41. The minimum absolute atomic E-state index is 0.0761. The first-order valence-corrected chi connectivity index (χ1v) is 6.08. The van der Waals surface area contributed by atoms with Crippen LogP contribution in [0.15, 0.2) is 0 Å². The summed E-state index contributed by atoms with van der Waals surface area (Å²) in [6.07, 6.45) is 0. The first-order valence-electron chi connectivity index (χ1n) is 4.91. The molecule has 0 bridgehead atoms. The van der Waals surface area contributed by atoms with Gasteiger partial charge >= 0.3 is 8.60 Å². The zero-order valence-electron chi connectivity index (χ0n) is 9.88. The van der Waals surface area contributed by atoms with Gasteiger partial charge in [-0.3, -0.25) is 0 Å². The van der Waals surface area contributed by atoms with E-state index in [4.69, 9.17) is 14.5 Å². The van der Waals surface area contributed by atoms with E-state index in [9.17, 15) is 10.2 Å². The molecule has 0 aromatic heterocycles. The summed E-state index contributed by atoms with van der Waals surface area (Å²) < 4.78 is 10.1. The Morgan fingerprint density at radius 1 is 1.00 bits per heavy atom. The molecule has 0 aliphatic heterocycles. The van der Waals surface area contributed by atoms with Gasteiger partial charge in [-0.25, -0.2) is 0 Å². The molecule has 6 nitrogen and oxygen atoms in total. The summed E-state index contributed by atoms with van der Waals surface area (Å²) in [5.74, 6) is 0. The largest absolute Gasteiger partial charge is 0.396 e. The Bertz CT molecular complexity index is 187. The molecule has 0 heterocycles. The Balaban J connectivity index is 4.32. The molecule has 0 radical (unpaired) electrons. The van der Waals surface area contributed by atoms with Crippen LogP contribution in [0.4, 0.5) is 0 Å². The van der Waals surface area contributed by atoms with Crippen molar-refractivity contribution in [3.8, 4) is 0 Å². The Hall–Kier alpha value is 0.190. The van der Waals surface area contributed by atoms with Crippen molar-refractivity contribution in [2.45, 2.75) is 26.4 Å². The maximum Gasteiger partial charge on any atom is 0.327 e. The van der Waals surface area contributed by atoms with Crippen molar-refractivity contribution < 1.29 is 29.3 Å². The van der Waals surface area contributed by atoms with Gasteiger partial charge in [-0.15, -0.1) is 0 Å². The van der Waals surface area contributed by atoms with E-state index in [-0.39, 0.29) is 26.4 Å². The minimum atomic E-state index is -2.49. The van der Waals surface area contributed by atoms with Gasteiger partial charge in [-0.1, -0.05) is 0 Å². The fraction of sp³-hybridized carbons (Fsp3) is 1.00. The number of rotatable bonds is 7. The van der Waals surface area contributed by atoms with Crippen LogP contribution in [0, 0.1) is 5.41 Å². The van der Waals surface area contributed by atoms with Gasteiger partial charge in [-0.2, -0.15) is 0 Å². The molecule has 0 saturated carbocycles. The Kier molecular flexibility index (Phi) is 6.89. The number of aliphatic hydroxyl groups excluding tert-OH is 2. The van der Waals surface area contributed by atoms with Crippen LogP contribution in [0.25, 0.3) is 0 Å². The van der Waals surface area contributed by atoms with Crippen molar-refractivity contribution in [1.82, 2.24) is 0 Å². The maximum atomic E-state index is 9.21. The lowest BCUT2D eigenvalue weighted by molar-refractivity contribution is -0.0995. The summed E-state index contributed by atoms with van der Waals surface area (Å²) in [6, 6.07) is 0. The third-order valence-corrected chi connectivity index (χ3v) is 2.33. The van der Waals surface area contributed by atoms with E-state index in [2.05, 4.69) is 4.52 Å². The quantitative estimate of drug-likeness (QED) is 0.478. The molecule has 0 aromatic rings. The average Bonchev–Trinajstić information content (AvgIpc) is 2.18. The molecule has 0 saturated heterocycles. The molecule has 0 rings (SSSR count). The van der Waals surface area contributed by atoms with Crippen LogP contribution in [0.1, 0.15) is 20.8 Å². The molecule has 0 aliphatic carbocycles. The van der Waals surface area contributed by atoms with E-state index in [0.29, 0.717) is 0 Å². The van der Waals surface area contributed by atoms with Crippen LogP contribution in [0.3, 0.4) is 0 Å². The van der Waals surface area contributed by atoms with Gasteiger partial charge in [0.15, 0.2) is 0 Å². The highest BCUT2D eigenvalue weighted by atomic mass is 31.2. The van der Waals surface area contributed by atoms with Crippen LogP contribution in [-0.2, 0) is 9.26 Å². The number of aliphatic hydroxyl groups is 2. The molecule has 0 aliphatic rings. The van der Waals surface area contributed by atoms with E-state index < -0.39 is 19.6 Å². The van der Waals surface area contributed by atoms with E-state index in [0.717, 1.165) is 0 Å². The fourth-order valence-electron chi connectivity index (χ4n) is 0.839. The average molecular weight is 256 g/mol. The van der Waals surface area contributed by atoms with Gasteiger partial charge in [0, 0.05) is 0 Å². The summed E-state index contributed by atoms with van der Waals surface area (Å²) >= 11 is 0. The molecule has 0 amide bonds. The highest BCUT2D eigenvalue weighted by Gasteiger charge is 2.32.